The molecule has 1 saturated heterocycles. The van der Waals surface area contributed by atoms with Crippen LogP contribution in [-0.2, 0) is 4.79 Å². The third-order valence-corrected chi connectivity index (χ3v) is 4.42. The molecule has 0 saturated carbocycles. The molecular formula is C15H9Cl2N3OS. The predicted molar refractivity (Wildman–Crippen MR) is 91.5 cm³/mol. The zero-order valence-corrected chi connectivity index (χ0v) is 13.4. The third kappa shape index (κ3) is 3.50. The molecule has 1 amide bonds. The number of aromatic nitrogens is 1. The average Bonchev–Trinajstić information content (AvgIpc) is 2.84. The summed E-state index contributed by atoms with van der Waals surface area (Å²) in [6.07, 6.45) is 5.14. The molecule has 1 aliphatic rings. The first-order valence-corrected chi connectivity index (χ1v) is 7.84. The van der Waals surface area contributed by atoms with Crippen LogP contribution in [0.1, 0.15) is 5.56 Å². The molecule has 4 nitrogen and oxygen atoms in total. The number of hydrogen-bond donors (Lipinski definition) is 1. The Hall–Kier alpha value is -1.82. The van der Waals surface area contributed by atoms with Crippen molar-refractivity contribution < 1.29 is 4.79 Å². The largest absolute Gasteiger partial charge is 0.300 e. The van der Waals surface area contributed by atoms with Gasteiger partial charge >= 0.3 is 0 Å². The molecule has 110 valence electrons. The van der Waals surface area contributed by atoms with E-state index in [1.807, 2.05) is 12.1 Å². The van der Waals surface area contributed by atoms with Crippen LogP contribution in [0.5, 0.6) is 0 Å². The molecule has 22 heavy (non-hydrogen) atoms. The van der Waals surface area contributed by atoms with Crippen molar-refractivity contribution in [1.29, 1.82) is 0 Å². The molecular weight excluding hydrogens is 341 g/mol. The number of pyridine rings is 1. The maximum absolute atomic E-state index is 12.0. The number of carbonyl (C=O) groups is 1. The lowest BCUT2D eigenvalue weighted by atomic mass is 10.2. The van der Waals surface area contributed by atoms with Crippen LogP contribution >= 0.6 is 35.0 Å². The highest BCUT2D eigenvalue weighted by Gasteiger charge is 2.23. The van der Waals surface area contributed by atoms with E-state index in [2.05, 4.69) is 15.3 Å². The summed E-state index contributed by atoms with van der Waals surface area (Å²) in [5.74, 6) is -0.187. The average molecular weight is 350 g/mol. The van der Waals surface area contributed by atoms with Gasteiger partial charge in [0, 0.05) is 12.4 Å². The fourth-order valence-electron chi connectivity index (χ4n) is 1.77. The summed E-state index contributed by atoms with van der Waals surface area (Å²) < 4.78 is 0. The quantitative estimate of drug-likeness (QED) is 0.823. The first-order chi connectivity index (χ1) is 10.6. The van der Waals surface area contributed by atoms with Gasteiger partial charge in [-0.05, 0) is 47.7 Å². The Labute approximate surface area is 141 Å². The number of amidine groups is 1. The summed E-state index contributed by atoms with van der Waals surface area (Å²) in [6, 6.07) is 8.73. The number of aliphatic imine (C=N–C) groups is 1. The van der Waals surface area contributed by atoms with Crippen LogP contribution < -0.4 is 5.32 Å². The lowest BCUT2D eigenvalue weighted by Crippen LogP contribution is -2.19. The van der Waals surface area contributed by atoms with E-state index in [1.165, 1.54) is 11.8 Å². The SMILES string of the molecule is O=C1NC(=Nc2ccc(Cl)c(Cl)c2)SC1=Cc1cccnc1. The van der Waals surface area contributed by atoms with E-state index in [1.54, 1.807) is 36.7 Å². The summed E-state index contributed by atoms with van der Waals surface area (Å²) in [5.41, 5.74) is 1.48. The number of benzene rings is 1. The lowest BCUT2D eigenvalue weighted by Gasteiger charge is -1.98. The second-order valence-electron chi connectivity index (χ2n) is 4.37. The number of carbonyl (C=O) groups excluding carboxylic acids is 1. The third-order valence-electron chi connectivity index (χ3n) is 2.77. The number of nitrogens with zero attached hydrogens (tertiary/aromatic N) is 2. The van der Waals surface area contributed by atoms with Crippen molar-refractivity contribution in [3.63, 3.8) is 0 Å². The number of nitrogens with one attached hydrogen (secondary N) is 1. The van der Waals surface area contributed by atoms with Crippen molar-refractivity contribution in [2.24, 2.45) is 4.99 Å². The minimum absolute atomic E-state index is 0.187. The molecule has 0 atom stereocenters. The normalized spacial score (nSPS) is 18.0. The van der Waals surface area contributed by atoms with Crippen molar-refractivity contribution >= 4 is 57.8 Å². The van der Waals surface area contributed by atoms with Crippen LogP contribution in [0.3, 0.4) is 0 Å². The number of thioether (sulfide) groups is 1. The Morgan fingerprint density at radius 2 is 2.09 bits per heavy atom. The molecule has 1 N–H and O–H groups in total. The van der Waals surface area contributed by atoms with Gasteiger partial charge in [0.25, 0.3) is 5.91 Å². The first-order valence-electron chi connectivity index (χ1n) is 6.26. The molecule has 1 aromatic heterocycles. The first kappa shape index (κ1) is 15.1. The fraction of sp³-hybridized carbons (Fsp3) is 0. The number of hydrogen-bond acceptors (Lipinski definition) is 4. The highest BCUT2D eigenvalue weighted by atomic mass is 35.5. The van der Waals surface area contributed by atoms with Gasteiger partial charge in [-0.15, -0.1) is 0 Å². The highest BCUT2D eigenvalue weighted by molar-refractivity contribution is 8.18. The summed E-state index contributed by atoms with van der Waals surface area (Å²) in [5, 5.41) is 4.10. The lowest BCUT2D eigenvalue weighted by molar-refractivity contribution is -0.115. The molecule has 7 heteroatoms. The van der Waals surface area contributed by atoms with E-state index in [-0.39, 0.29) is 5.91 Å². The molecule has 1 aliphatic heterocycles. The zero-order chi connectivity index (χ0) is 15.5. The molecule has 2 heterocycles. The molecule has 1 fully saturated rings. The summed E-state index contributed by atoms with van der Waals surface area (Å²) in [7, 11) is 0. The van der Waals surface area contributed by atoms with Gasteiger partial charge in [-0.25, -0.2) is 4.99 Å². The summed E-state index contributed by atoms with van der Waals surface area (Å²) in [6.45, 7) is 0. The van der Waals surface area contributed by atoms with Gasteiger partial charge < -0.3 is 5.32 Å². The minimum Gasteiger partial charge on any atom is -0.300 e. The second-order valence-corrected chi connectivity index (χ2v) is 6.21. The van der Waals surface area contributed by atoms with Crippen molar-refractivity contribution in [2.45, 2.75) is 0 Å². The summed E-state index contributed by atoms with van der Waals surface area (Å²) in [4.78, 5) is 20.9. The van der Waals surface area contributed by atoms with E-state index in [4.69, 9.17) is 23.2 Å². The van der Waals surface area contributed by atoms with E-state index < -0.39 is 0 Å². The molecule has 0 spiro atoms. The van der Waals surface area contributed by atoms with Crippen molar-refractivity contribution in [1.82, 2.24) is 10.3 Å². The molecule has 0 aliphatic carbocycles. The second kappa shape index (κ2) is 6.52. The van der Waals surface area contributed by atoms with Gasteiger partial charge in [0.05, 0.1) is 20.6 Å². The Morgan fingerprint density at radius 3 is 2.82 bits per heavy atom. The van der Waals surface area contributed by atoms with Gasteiger partial charge in [-0.2, -0.15) is 0 Å². The van der Waals surface area contributed by atoms with Crippen LogP contribution in [0.15, 0.2) is 52.6 Å². The Morgan fingerprint density at radius 1 is 1.23 bits per heavy atom. The molecule has 3 rings (SSSR count). The Bertz CT molecular complexity index is 791. The fourth-order valence-corrected chi connectivity index (χ4v) is 2.90. The van der Waals surface area contributed by atoms with Gasteiger partial charge in [-0.3, -0.25) is 9.78 Å². The molecule has 2 aromatic rings. The van der Waals surface area contributed by atoms with E-state index in [9.17, 15) is 4.79 Å². The topological polar surface area (TPSA) is 54.4 Å². The Balaban J connectivity index is 1.83. The van der Waals surface area contributed by atoms with Gasteiger partial charge in [0.1, 0.15) is 0 Å². The van der Waals surface area contributed by atoms with Gasteiger partial charge in [-0.1, -0.05) is 29.3 Å². The molecule has 0 unspecified atom stereocenters. The van der Waals surface area contributed by atoms with Gasteiger partial charge in [0.15, 0.2) is 5.17 Å². The van der Waals surface area contributed by atoms with Crippen LogP contribution in [0, 0.1) is 0 Å². The molecule has 0 radical (unpaired) electrons. The summed E-state index contributed by atoms with van der Waals surface area (Å²) >= 11 is 13.1. The monoisotopic (exact) mass is 349 g/mol. The van der Waals surface area contributed by atoms with Crippen molar-refractivity contribution in [2.75, 3.05) is 0 Å². The van der Waals surface area contributed by atoms with Crippen LogP contribution in [0.2, 0.25) is 10.0 Å². The van der Waals surface area contributed by atoms with Gasteiger partial charge in [0.2, 0.25) is 0 Å². The van der Waals surface area contributed by atoms with E-state index in [0.29, 0.717) is 25.8 Å². The van der Waals surface area contributed by atoms with E-state index >= 15 is 0 Å². The highest BCUT2D eigenvalue weighted by Crippen LogP contribution is 2.30. The number of amides is 1. The van der Waals surface area contributed by atoms with Crippen molar-refractivity contribution in [3.05, 3.63) is 63.2 Å². The van der Waals surface area contributed by atoms with Crippen LogP contribution in [0.4, 0.5) is 5.69 Å². The predicted octanol–water partition coefficient (Wildman–Crippen LogP) is 4.28. The molecule has 0 bridgehead atoms. The smallest absolute Gasteiger partial charge is 0.264 e. The zero-order valence-electron chi connectivity index (χ0n) is 11.1. The number of rotatable bonds is 2. The Kier molecular flexibility index (Phi) is 4.47. The van der Waals surface area contributed by atoms with Crippen LogP contribution in [0.25, 0.3) is 6.08 Å². The van der Waals surface area contributed by atoms with E-state index in [0.717, 1.165) is 5.56 Å². The van der Waals surface area contributed by atoms with Crippen molar-refractivity contribution in [3.8, 4) is 0 Å². The molecule has 1 aromatic carbocycles. The maximum Gasteiger partial charge on any atom is 0.264 e. The standard InChI is InChI=1S/C15H9Cl2N3OS/c16-11-4-3-10(7-12(11)17)19-15-20-14(21)13(22-15)6-9-2-1-5-18-8-9/h1-8H,(H,19,20,21). The van der Waals surface area contributed by atoms with Crippen LogP contribution in [-0.4, -0.2) is 16.1 Å². The number of halogens is 2. The minimum atomic E-state index is -0.187. The maximum atomic E-state index is 12.0.